The van der Waals surface area contributed by atoms with E-state index in [2.05, 4.69) is 0 Å². The first-order valence-electron chi connectivity index (χ1n) is 7.67. The number of aliphatic hydroxyl groups is 1. The number of hydrogen-bond acceptors (Lipinski definition) is 3. The van der Waals surface area contributed by atoms with Gasteiger partial charge in [0.2, 0.25) is 5.91 Å². The Morgan fingerprint density at radius 3 is 2.90 bits per heavy atom. The van der Waals surface area contributed by atoms with E-state index in [0.29, 0.717) is 13.0 Å². The second-order valence-corrected chi connectivity index (χ2v) is 6.16. The molecule has 1 heterocycles. The van der Waals surface area contributed by atoms with Crippen LogP contribution in [0.2, 0.25) is 0 Å². The average Bonchev–Trinajstić information content (AvgIpc) is 2.41. The zero-order valence-corrected chi connectivity index (χ0v) is 13.1. The van der Waals surface area contributed by atoms with Gasteiger partial charge in [0, 0.05) is 13.1 Å². The summed E-state index contributed by atoms with van der Waals surface area (Å²) in [5, 5.41) is 9.89. The van der Waals surface area contributed by atoms with Crippen LogP contribution in [0.3, 0.4) is 0 Å². The predicted molar refractivity (Wildman–Crippen MR) is 82.3 cm³/mol. The normalized spacial score (nSPS) is 22.4. The molecular weight excluding hydrogens is 266 g/mol. The largest absolute Gasteiger partial charge is 0.491 e. The highest BCUT2D eigenvalue weighted by atomic mass is 16.5. The van der Waals surface area contributed by atoms with Crippen molar-refractivity contribution in [3.63, 3.8) is 0 Å². The fourth-order valence-corrected chi connectivity index (χ4v) is 2.56. The molecule has 21 heavy (non-hydrogen) atoms. The lowest BCUT2D eigenvalue weighted by atomic mass is 9.95. The van der Waals surface area contributed by atoms with E-state index in [1.54, 1.807) is 4.90 Å². The molecule has 1 aromatic carbocycles. The van der Waals surface area contributed by atoms with E-state index in [0.717, 1.165) is 24.3 Å². The Balaban J connectivity index is 1.96. The molecule has 1 amide bonds. The standard InChI is InChI=1S/C17H25NO3/c1-12(2)21-15-6-4-5-14(9-15)10-17(20)18-8-7-13(3)16(19)11-18/h4-6,9,12-13,16,19H,7-8,10-11H2,1-3H3. The number of carbonyl (C=O) groups excluding carboxylic acids is 1. The summed E-state index contributed by atoms with van der Waals surface area (Å²) in [7, 11) is 0. The van der Waals surface area contributed by atoms with Crippen LogP contribution in [0.15, 0.2) is 24.3 Å². The first kappa shape index (κ1) is 15.8. The Morgan fingerprint density at radius 2 is 2.24 bits per heavy atom. The highest BCUT2D eigenvalue weighted by Crippen LogP contribution is 2.19. The number of likely N-dealkylation sites (tertiary alicyclic amines) is 1. The molecule has 1 N–H and O–H groups in total. The number of benzene rings is 1. The van der Waals surface area contributed by atoms with Crippen molar-refractivity contribution in [2.24, 2.45) is 5.92 Å². The quantitative estimate of drug-likeness (QED) is 0.925. The van der Waals surface area contributed by atoms with E-state index >= 15 is 0 Å². The number of piperidine rings is 1. The van der Waals surface area contributed by atoms with E-state index in [1.165, 1.54) is 0 Å². The van der Waals surface area contributed by atoms with Crippen LogP contribution in [0.5, 0.6) is 5.75 Å². The van der Waals surface area contributed by atoms with Crippen LogP contribution in [-0.2, 0) is 11.2 Å². The van der Waals surface area contributed by atoms with Gasteiger partial charge in [0.15, 0.2) is 0 Å². The van der Waals surface area contributed by atoms with Crippen LogP contribution < -0.4 is 4.74 Å². The molecule has 0 aliphatic carbocycles. The van der Waals surface area contributed by atoms with Gasteiger partial charge in [-0.15, -0.1) is 0 Å². The summed E-state index contributed by atoms with van der Waals surface area (Å²) in [6, 6.07) is 7.67. The summed E-state index contributed by atoms with van der Waals surface area (Å²) in [4.78, 5) is 14.1. The third-order valence-corrected chi connectivity index (χ3v) is 3.90. The molecule has 0 saturated carbocycles. The van der Waals surface area contributed by atoms with Crippen LogP contribution >= 0.6 is 0 Å². The minimum atomic E-state index is -0.404. The van der Waals surface area contributed by atoms with Gasteiger partial charge in [-0.3, -0.25) is 4.79 Å². The SMILES string of the molecule is CC(C)Oc1cccc(CC(=O)N2CCC(C)C(O)C2)c1. The minimum Gasteiger partial charge on any atom is -0.491 e. The Hall–Kier alpha value is -1.55. The Kier molecular flexibility index (Phi) is 5.23. The lowest BCUT2D eigenvalue weighted by Gasteiger charge is -2.34. The average molecular weight is 291 g/mol. The molecule has 0 radical (unpaired) electrons. The number of carbonyl (C=O) groups is 1. The lowest BCUT2D eigenvalue weighted by Crippen LogP contribution is -2.46. The van der Waals surface area contributed by atoms with Crippen molar-refractivity contribution in [2.45, 2.75) is 45.8 Å². The van der Waals surface area contributed by atoms with Crippen LogP contribution in [0.4, 0.5) is 0 Å². The first-order chi connectivity index (χ1) is 9.95. The number of hydrogen-bond donors (Lipinski definition) is 1. The molecule has 2 atom stereocenters. The molecule has 4 heteroatoms. The van der Waals surface area contributed by atoms with Gasteiger partial charge in [-0.1, -0.05) is 19.1 Å². The maximum Gasteiger partial charge on any atom is 0.227 e. The number of aliphatic hydroxyl groups excluding tert-OH is 1. The molecular formula is C17H25NO3. The number of β-amino-alcohol motifs (C(OH)–C–C–N with tert-alkyl or cyclic N) is 1. The van der Waals surface area contributed by atoms with Gasteiger partial charge in [-0.2, -0.15) is 0 Å². The summed E-state index contributed by atoms with van der Waals surface area (Å²) >= 11 is 0. The van der Waals surface area contributed by atoms with Crippen molar-refractivity contribution >= 4 is 5.91 Å². The van der Waals surface area contributed by atoms with Gasteiger partial charge in [0.1, 0.15) is 5.75 Å². The third-order valence-electron chi connectivity index (χ3n) is 3.90. The zero-order chi connectivity index (χ0) is 15.4. The zero-order valence-electron chi connectivity index (χ0n) is 13.1. The van der Waals surface area contributed by atoms with E-state index < -0.39 is 6.10 Å². The molecule has 1 aliphatic rings. The number of nitrogens with zero attached hydrogens (tertiary/aromatic N) is 1. The molecule has 1 aliphatic heterocycles. The molecule has 1 fully saturated rings. The van der Waals surface area contributed by atoms with Crippen LogP contribution in [0, 0.1) is 5.92 Å². The second kappa shape index (κ2) is 6.94. The van der Waals surface area contributed by atoms with Crippen molar-refractivity contribution in [2.75, 3.05) is 13.1 Å². The highest BCUT2D eigenvalue weighted by molar-refractivity contribution is 5.79. The summed E-state index contributed by atoms with van der Waals surface area (Å²) in [5.41, 5.74) is 0.950. The molecule has 0 bridgehead atoms. The minimum absolute atomic E-state index is 0.0719. The van der Waals surface area contributed by atoms with Crippen molar-refractivity contribution in [3.8, 4) is 5.75 Å². The molecule has 0 aromatic heterocycles. The lowest BCUT2D eigenvalue weighted by molar-refractivity contribution is -0.134. The van der Waals surface area contributed by atoms with Gasteiger partial charge >= 0.3 is 0 Å². The fourth-order valence-electron chi connectivity index (χ4n) is 2.56. The number of amides is 1. The summed E-state index contributed by atoms with van der Waals surface area (Å²) < 4.78 is 5.65. The van der Waals surface area contributed by atoms with Crippen LogP contribution in [0.25, 0.3) is 0 Å². The predicted octanol–water partition coefficient (Wildman–Crippen LogP) is 2.25. The van der Waals surface area contributed by atoms with E-state index in [4.69, 9.17) is 4.74 Å². The van der Waals surface area contributed by atoms with Crippen molar-refractivity contribution in [1.29, 1.82) is 0 Å². The second-order valence-electron chi connectivity index (χ2n) is 6.16. The number of ether oxygens (including phenoxy) is 1. The Morgan fingerprint density at radius 1 is 1.48 bits per heavy atom. The van der Waals surface area contributed by atoms with E-state index in [-0.39, 0.29) is 17.9 Å². The number of rotatable bonds is 4. The van der Waals surface area contributed by atoms with Crippen LogP contribution in [0.1, 0.15) is 32.8 Å². The summed E-state index contributed by atoms with van der Waals surface area (Å²) in [6.07, 6.45) is 0.938. The van der Waals surface area contributed by atoms with Gasteiger partial charge < -0.3 is 14.7 Å². The topological polar surface area (TPSA) is 49.8 Å². The van der Waals surface area contributed by atoms with Crippen molar-refractivity contribution in [1.82, 2.24) is 4.90 Å². The highest BCUT2D eigenvalue weighted by Gasteiger charge is 2.27. The maximum absolute atomic E-state index is 12.3. The maximum atomic E-state index is 12.3. The molecule has 2 unspecified atom stereocenters. The molecule has 1 aromatic rings. The van der Waals surface area contributed by atoms with Gasteiger partial charge in [-0.25, -0.2) is 0 Å². The van der Waals surface area contributed by atoms with Gasteiger partial charge in [0.25, 0.3) is 0 Å². The Bertz CT molecular complexity index is 487. The molecule has 116 valence electrons. The van der Waals surface area contributed by atoms with Crippen LogP contribution in [-0.4, -0.2) is 41.2 Å². The van der Waals surface area contributed by atoms with Crippen molar-refractivity contribution < 1.29 is 14.6 Å². The molecule has 2 rings (SSSR count). The summed E-state index contributed by atoms with van der Waals surface area (Å²) in [5.74, 6) is 1.14. The molecule has 1 saturated heterocycles. The van der Waals surface area contributed by atoms with Gasteiger partial charge in [0.05, 0.1) is 18.6 Å². The Labute approximate surface area is 126 Å². The molecule has 4 nitrogen and oxygen atoms in total. The molecule has 0 spiro atoms. The van der Waals surface area contributed by atoms with Crippen molar-refractivity contribution in [3.05, 3.63) is 29.8 Å². The fraction of sp³-hybridized carbons (Fsp3) is 0.588. The monoisotopic (exact) mass is 291 g/mol. The smallest absolute Gasteiger partial charge is 0.227 e. The van der Waals surface area contributed by atoms with Gasteiger partial charge in [-0.05, 0) is 43.9 Å². The third kappa shape index (κ3) is 4.46. The summed E-state index contributed by atoms with van der Waals surface area (Å²) in [6.45, 7) is 7.17. The van der Waals surface area contributed by atoms with E-state index in [9.17, 15) is 9.90 Å². The first-order valence-corrected chi connectivity index (χ1v) is 7.67. The van der Waals surface area contributed by atoms with E-state index in [1.807, 2.05) is 45.0 Å².